The lowest BCUT2D eigenvalue weighted by Crippen LogP contribution is -2.39. The smallest absolute Gasteiger partial charge is 0.272 e. The second kappa shape index (κ2) is 6.15. The molecule has 1 heterocycles. The van der Waals surface area contributed by atoms with E-state index in [9.17, 15) is 4.79 Å². The summed E-state index contributed by atoms with van der Waals surface area (Å²) in [4.78, 5) is 13.8. The van der Waals surface area contributed by atoms with Gasteiger partial charge in [0, 0.05) is 19.6 Å². The molecule has 17 heavy (non-hydrogen) atoms. The first kappa shape index (κ1) is 13.4. The fourth-order valence-electron chi connectivity index (χ4n) is 1.48. The number of likely N-dealkylation sites (N-methyl/N-ethyl adjacent to an activating group) is 1. The van der Waals surface area contributed by atoms with Crippen LogP contribution in [0.3, 0.4) is 0 Å². The molecule has 0 aromatic carbocycles. The molecule has 0 bridgehead atoms. The molecule has 1 aromatic heterocycles. The van der Waals surface area contributed by atoms with Crippen LogP contribution >= 0.6 is 0 Å². The van der Waals surface area contributed by atoms with Gasteiger partial charge in [0.05, 0.1) is 0 Å². The van der Waals surface area contributed by atoms with Crippen LogP contribution in [0.5, 0.6) is 0 Å². The number of amides is 1. The van der Waals surface area contributed by atoms with Gasteiger partial charge in [0.25, 0.3) is 5.91 Å². The van der Waals surface area contributed by atoms with E-state index in [0.717, 1.165) is 6.54 Å². The van der Waals surface area contributed by atoms with E-state index in [2.05, 4.69) is 20.8 Å². The van der Waals surface area contributed by atoms with E-state index < -0.39 is 0 Å². The highest BCUT2D eigenvalue weighted by atomic mass is 16.2. The Kier molecular flexibility index (Phi) is 4.84. The maximum atomic E-state index is 11.8. The molecule has 2 N–H and O–H groups in total. The second-order valence-electron chi connectivity index (χ2n) is 4.19. The molecule has 94 valence electrons. The lowest BCUT2D eigenvalue weighted by atomic mass is 10.3. The Morgan fingerprint density at radius 2 is 2.12 bits per heavy atom. The Morgan fingerprint density at radius 3 is 2.59 bits per heavy atom. The topological polar surface area (TPSA) is 70.2 Å². The van der Waals surface area contributed by atoms with Crippen molar-refractivity contribution < 1.29 is 4.79 Å². The summed E-state index contributed by atoms with van der Waals surface area (Å²) < 4.78 is 0. The summed E-state index contributed by atoms with van der Waals surface area (Å²) in [5, 5.41) is 13.4. The molecule has 0 saturated carbocycles. The third-order valence-corrected chi connectivity index (χ3v) is 2.17. The van der Waals surface area contributed by atoms with Gasteiger partial charge >= 0.3 is 0 Å². The van der Waals surface area contributed by atoms with Gasteiger partial charge in [-0.25, -0.2) is 0 Å². The molecule has 0 spiro atoms. The van der Waals surface area contributed by atoms with Gasteiger partial charge in [0.15, 0.2) is 5.69 Å². The highest BCUT2D eigenvalue weighted by Crippen LogP contribution is 2.00. The zero-order valence-corrected chi connectivity index (χ0v) is 10.7. The molecule has 1 amide bonds. The minimum atomic E-state index is -0.200. The molecule has 0 aliphatic heterocycles. The first-order valence-electron chi connectivity index (χ1n) is 5.50. The summed E-state index contributed by atoms with van der Waals surface area (Å²) in [5.74, 6) is 0.442. The first-order valence-corrected chi connectivity index (χ1v) is 5.50. The number of anilines is 1. The molecular weight excluding hydrogens is 218 g/mol. The molecule has 0 saturated heterocycles. The second-order valence-corrected chi connectivity index (χ2v) is 4.19. The van der Waals surface area contributed by atoms with Gasteiger partial charge in [-0.3, -0.25) is 4.79 Å². The number of carbonyl (C=O) groups is 1. The molecule has 0 aliphatic carbocycles. The van der Waals surface area contributed by atoms with E-state index in [-0.39, 0.29) is 11.9 Å². The molecule has 1 rings (SSSR count). The molecule has 1 atom stereocenters. The van der Waals surface area contributed by atoms with Crippen molar-refractivity contribution in [2.75, 3.05) is 33.0 Å². The highest BCUT2D eigenvalue weighted by Gasteiger charge is 2.11. The van der Waals surface area contributed by atoms with Crippen molar-refractivity contribution in [3.63, 3.8) is 0 Å². The van der Waals surface area contributed by atoms with E-state index in [4.69, 9.17) is 0 Å². The zero-order valence-electron chi connectivity index (χ0n) is 10.7. The molecule has 1 unspecified atom stereocenters. The third-order valence-electron chi connectivity index (χ3n) is 2.17. The SMILES string of the molecule is CNc1ccc(C(=O)NC(C)CN(C)C)nn1. The van der Waals surface area contributed by atoms with Gasteiger partial charge in [-0.1, -0.05) is 0 Å². The van der Waals surface area contributed by atoms with Crippen LogP contribution in [0, 0.1) is 0 Å². The number of nitrogens with one attached hydrogen (secondary N) is 2. The Bertz CT molecular complexity index is 363. The zero-order chi connectivity index (χ0) is 12.8. The predicted octanol–water partition coefficient (Wildman–Crippen LogP) is 0.198. The van der Waals surface area contributed by atoms with Crippen LogP contribution in [0.15, 0.2) is 12.1 Å². The van der Waals surface area contributed by atoms with Gasteiger partial charge in [-0.15, -0.1) is 10.2 Å². The van der Waals surface area contributed by atoms with Crippen LogP contribution in [-0.4, -0.2) is 54.7 Å². The Balaban J connectivity index is 2.57. The van der Waals surface area contributed by atoms with Crippen LogP contribution in [0.4, 0.5) is 5.82 Å². The largest absolute Gasteiger partial charge is 0.372 e. The summed E-state index contributed by atoms with van der Waals surface area (Å²) in [6, 6.07) is 3.44. The predicted molar refractivity (Wildman–Crippen MR) is 67.1 cm³/mol. The lowest BCUT2D eigenvalue weighted by molar-refractivity contribution is 0.0928. The summed E-state index contributed by atoms with van der Waals surface area (Å²) in [5.41, 5.74) is 0.328. The van der Waals surface area contributed by atoms with E-state index in [0.29, 0.717) is 11.5 Å². The van der Waals surface area contributed by atoms with Crippen molar-refractivity contribution in [3.05, 3.63) is 17.8 Å². The number of carbonyl (C=O) groups excluding carboxylic acids is 1. The van der Waals surface area contributed by atoms with Crippen LogP contribution in [0.1, 0.15) is 17.4 Å². The summed E-state index contributed by atoms with van der Waals surface area (Å²) in [7, 11) is 5.68. The molecule has 0 fully saturated rings. The van der Waals surface area contributed by atoms with Gasteiger partial charge < -0.3 is 15.5 Å². The average Bonchev–Trinajstić information content (AvgIpc) is 2.28. The van der Waals surface area contributed by atoms with Crippen molar-refractivity contribution in [3.8, 4) is 0 Å². The summed E-state index contributed by atoms with van der Waals surface area (Å²) in [6.45, 7) is 2.74. The fraction of sp³-hybridized carbons (Fsp3) is 0.545. The maximum absolute atomic E-state index is 11.8. The maximum Gasteiger partial charge on any atom is 0.272 e. The van der Waals surface area contributed by atoms with Crippen LogP contribution < -0.4 is 10.6 Å². The number of aromatic nitrogens is 2. The van der Waals surface area contributed by atoms with Gasteiger partial charge in [-0.05, 0) is 33.2 Å². The summed E-state index contributed by atoms with van der Waals surface area (Å²) in [6.07, 6.45) is 0. The quantitative estimate of drug-likeness (QED) is 0.765. The van der Waals surface area contributed by atoms with Gasteiger partial charge in [0.2, 0.25) is 0 Å². The molecule has 0 aliphatic rings. The van der Waals surface area contributed by atoms with E-state index >= 15 is 0 Å². The minimum absolute atomic E-state index is 0.0725. The van der Waals surface area contributed by atoms with Crippen LogP contribution in [-0.2, 0) is 0 Å². The number of nitrogens with zero attached hydrogens (tertiary/aromatic N) is 3. The highest BCUT2D eigenvalue weighted by molar-refractivity contribution is 5.92. The van der Waals surface area contributed by atoms with Crippen molar-refractivity contribution in [1.82, 2.24) is 20.4 Å². The van der Waals surface area contributed by atoms with Gasteiger partial charge in [0.1, 0.15) is 5.82 Å². The molecular formula is C11H19N5O. The van der Waals surface area contributed by atoms with Crippen molar-refractivity contribution in [2.24, 2.45) is 0 Å². The minimum Gasteiger partial charge on any atom is -0.372 e. The first-order chi connectivity index (χ1) is 8.02. The number of hydrogen-bond donors (Lipinski definition) is 2. The van der Waals surface area contributed by atoms with Crippen LogP contribution in [0.25, 0.3) is 0 Å². The Labute approximate surface area is 101 Å². The van der Waals surface area contributed by atoms with Crippen LogP contribution in [0.2, 0.25) is 0 Å². The number of hydrogen-bond acceptors (Lipinski definition) is 5. The number of rotatable bonds is 5. The Hall–Kier alpha value is -1.69. The lowest BCUT2D eigenvalue weighted by Gasteiger charge is -2.17. The van der Waals surface area contributed by atoms with E-state index in [1.165, 1.54) is 0 Å². The normalized spacial score (nSPS) is 12.3. The molecule has 6 nitrogen and oxygen atoms in total. The fourth-order valence-corrected chi connectivity index (χ4v) is 1.48. The Morgan fingerprint density at radius 1 is 1.41 bits per heavy atom. The van der Waals surface area contributed by atoms with Crippen molar-refractivity contribution in [1.29, 1.82) is 0 Å². The molecule has 6 heteroatoms. The summed E-state index contributed by atoms with van der Waals surface area (Å²) >= 11 is 0. The average molecular weight is 237 g/mol. The third kappa shape index (κ3) is 4.36. The molecule has 0 radical (unpaired) electrons. The van der Waals surface area contributed by atoms with Crippen molar-refractivity contribution in [2.45, 2.75) is 13.0 Å². The van der Waals surface area contributed by atoms with Crippen molar-refractivity contribution >= 4 is 11.7 Å². The molecule has 1 aromatic rings. The van der Waals surface area contributed by atoms with E-state index in [1.807, 2.05) is 25.9 Å². The van der Waals surface area contributed by atoms with E-state index in [1.54, 1.807) is 19.2 Å². The van der Waals surface area contributed by atoms with Gasteiger partial charge in [-0.2, -0.15) is 0 Å². The standard InChI is InChI=1S/C11H19N5O/c1-8(7-16(3)4)13-11(17)9-5-6-10(12-2)15-14-9/h5-6,8H,7H2,1-4H3,(H,12,15)(H,13,17). The monoisotopic (exact) mass is 237 g/mol.